The maximum atomic E-state index is 5.50. The fourth-order valence-electron chi connectivity index (χ4n) is 2.37. The van der Waals surface area contributed by atoms with Gasteiger partial charge in [-0.15, -0.1) is 22.7 Å². The second-order valence-electron chi connectivity index (χ2n) is 4.47. The first-order valence-electron chi connectivity index (χ1n) is 7.10. The van der Waals surface area contributed by atoms with Crippen molar-refractivity contribution >= 4 is 43.7 Å². The van der Waals surface area contributed by atoms with Gasteiger partial charge < -0.3 is 5.73 Å². The molecule has 0 saturated heterocycles. The number of halogens is 1. The highest BCUT2D eigenvalue weighted by molar-refractivity contribution is 9.11. The molecule has 0 spiro atoms. The highest BCUT2D eigenvalue weighted by Gasteiger charge is 2.15. The molecule has 4 rings (SSSR count). The van der Waals surface area contributed by atoms with Crippen molar-refractivity contribution in [3.8, 4) is 0 Å². The topological polar surface area (TPSA) is 51.8 Å². The SMILES string of the molecule is Brc1nc2c(s1)CCC2.CC.Nc1nc2c(s1)CCC2. The molecule has 0 aromatic carbocycles. The van der Waals surface area contributed by atoms with Crippen LogP contribution in [0.2, 0.25) is 0 Å². The third-order valence-electron chi connectivity index (χ3n) is 3.18. The average Bonchev–Trinajstić information content (AvgIpc) is 3.12. The molecule has 2 heterocycles. The molecule has 2 N–H and O–H groups in total. The molecule has 20 heavy (non-hydrogen) atoms. The Kier molecular flexibility index (Phi) is 5.99. The molecule has 0 radical (unpaired) electrons. The van der Waals surface area contributed by atoms with E-state index in [9.17, 15) is 0 Å². The molecular weight excluding hydrogens is 354 g/mol. The largest absolute Gasteiger partial charge is 0.375 e. The van der Waals surface area contributed by atoms with Gasteiger partial charge in [0.25, 0.3) is 0 Å². The second kappa shape index (κ2) is 7.52. The number of aromatic nitrogens is 2. The summed E-state index contributed by atoms with van der Waals surface area (Å²) >= 11 is 6.79. The van der Waals surface area contributed by atoms with Crippen molar-refractivity contribution in [3.63, 3.8) is 0 Å². The number of aryl methyl sites for hydroxylation is 4. The van der Waals surface area contributed by atoms with E-state index in [1.165, 1.54) is 53.2 Å². The monoisotopic (exact) mass is 373 g/mol. The lowest BCUT2D eigenvalue weighted by Crippen LogP contribution is -1.83. The van der Waals surface area contributed by atoms with Gasteiger partial charge in [-0.25, -0.2) is 9.97 Å². The van der Waals surface area contributed by atoms with Gasteiger partial charge in [0.1, 0.15) is 0 Å². The van der Waals surface area contributed by atoms with Gasteiger partial charge in [0.2, 0.25) is 0 Å². The highest BCUT2D eigenvalue weighted by atomic mass is 79.9. The van der Waals surface area contributed by atoms with E-state index in [0.29, 0.717) is 0 Å². The van der Waals surface area contributed by atoms with Crippen molar-refractivity contribution in [2.75, 3.05) is 5.73 Å². The summed E-state index contributed by atoms with van der Waals surface area (Å²) in [6.07, 6.45) is 7.36. The van der Waals surface area contributed by atoms with Crippen LogP contribution in [-0.4, -0.2) is 9.97 Å². The number of hydrogen-bond acceptors (Lipinski definition) is 5. The summed E-state index contributed by atoms with van der Waals surface area (Å²) in [6, 6.07) is 0. The fourth-order valence-corrected chi connectivity index (χ4v) is 4.96. The Morgan fingerprint density at radius 3 is 2.00 bits per heavy atom. The van der Waals surface area contributed by atoms with Gasteiger partial charge in [0.05, 0.1) is 11.4 Å². The van der Waals surface area contributed by atoms with Crippen molar-refractivity contribution in [3.05, 3.63) is 25.1 Å². The number of nitrogen functional groups attached to an aromatic ring is 1. The Morgan fingerprint density at radius 2 is 1.45 bits per heavy atom. The first-order valence-corrected chi connectivity index (χ1v) is 9.53. The van der Waals surface area contributed by atoms with Crippen LogP contribution in [-0.2, 0) is 25.7 Å². The minimum Gasteiger partial charge on any atom is -0.375 e. The van der Waals surface area contributed by atoms with Crippen LogP contribution < -0.4 is 5.73 Å². The van der Waals surface area contributed by atoms with E-state index in [4.69, 9.17) is 5.73 Å². The minimum atomic E-state index is 0.736. The van der Waals surface area contributed by atoms with Gasteiger partial charge in [0.15, 0.2) is 9.05 Å². The highest BCUT2D eigenvalue weighted by Crippen LogP contribution is 2.30. The number of nitrogens with two attached hydrogens (primary N) is 1. The van der Waals surface area contributed by atoms with Crippen LogP contribution in [0, 0.1) is 0 Å². The maximum absolute atomic E-state index is 5.50. The average molecular weight is 374 g/mol. The van der Waals surface area contributed by atoms with E-state index in [2.05, 4.69) is 25.9 Å². The smallest absolute Gasteiger partial charge is 0.180 e. The summed E-state index contributed by atoms with van der Waals surface area (Å²) < 4.78 is 1.05. The summed E-state index contributed by atoms with van der Waals surface area (Å²) in [4.78, 5) is 11.4. The standard InChI is InChI=1S/C6H6BrNS.C6H8N2S.C2H6/c2*7-6-8-4-2-1-3-5(4)9-6;1-2/h1-3H2;1-3H2,(H2,7,8);1-2H3. The number of rotatable bonds is 0. The lowest BCUT2D eigenvalue weighted by atomic mass is 10.4. The number of hydrogen-bond donors (Lipinski definition) is 1. The van der Waals surface area contributed by atoms with E-state index in [1.54, 1.807) is 22.7 Å². The Bertz CT molecular complexity index is 470. The zero-order chi connectivity index (χ0) is 14.5. The summed E-state index contributed by atoms with van der Waals surface area (Å²) in [6.45, 7) is 4.00. The maximum Gasteiger partial charge on any atom is 0.180 e. The zero-order valence-electron chi connectivity index (χ0n) is 11.9. The number of anilines is 1. The molecule has 0 fully saturated rings. The van der Waals surface area contributed by atoms with Crippen molar-refractivity contribution in [1.29, 1.82) is 0 Å². The van der Waals surface area contributed by atoms with Crippen LogP contribution in [0.3, 0.4) is 0 Å². The first-order chi connectivity index (χ1) is 9.72. The predicted octanol–water partition coefficient (Wildman–Crippen LogP) is 4.63. The zero-order valence-corrected chi connectivity index (χ0v) is 15.1. The molecule has 0 saturated carbocycles. The van der Waals surface area contributed by atoms with Crippen molar-refractivity contribution < 1.29 is 0 Å². The molecule has 0 bridgehead atoms. The van der Waals surface area contributed by atoms with Crippen LogP contribution in [0.4, 0.5) is 5.13 Å². The van der Waals surface area contributed by atoms with Crippen LogP contribution >= 0.6 is 38.6 Å². The first kappa shape index (κ1) is 15.9. The van der Waals surface area contributed by atoms with E-state index in [1.807, 2.05) is 13.8 Å². The third kappa shape index (κ3) is 3.80. The molecule has 0 unspecified atom stereocenters. The third-order valence-corrected chi connectivity index (χ3v) is 5.78. The van der Waals surface area contributed by atoms with Gasteiger partial charge in [0, 0.05) is 9.75 Å². The summed E-state index contributed by atoms with van der Waals surface area (Å²) in [5, 5.41) is 0.736. The lowest BCUT2D eigenvalue weighted by Gasteiger charge is -1.80. The quantitative estimate of drug-likeness (QED) is 0.731. The van der Waals surface area contributed by atoms with E-state index >= 15 is 0 Å². The number of fused-ring (bicyclic) bond motifs is 2. The molecule has 2 aliphatic carbocycles. The van der Waals surface area contributed by atoms with Gasteiger partial charge in [-0.05, 0) is 54.5 Å². The van der Waals surface area contributed by atoms with E-state index in [-0.39, 0.29) is 0 Å². The van der Waals surface area contributed by atoms with Crippen LogP contribution in [0.5, 0.6) is 0 Å². The molecule has 6 heteroatoms. The molecule has 110 valence electrons. The Balaban J connectivity index is 0.000000131. The molecule has 0 atom stereocenters. The molecule has 3 nitrogen and oxygen atoms in total. The molecule has 2 aliphatic rings. The lowest BCUT2D eigenvalue weighted by molar-refractivity contribution is 0.898. The second-order valence-corrected chi connectivity index (χ2v) is 7.94. The Labute approximate surface area is 136 Å². The van der Waals surface area contributed by atoms with Crippen molar-refractivity contribution in [2.24, 2.45) is 0 Å². The summed E-state index contributed by atoms with van der Waals surface area (Å²) in [7, 11) is 0. The minimum absolute atomic E-state index is 0.736. The van der Waals surface area contributed by atoms with Crippen molar-refractivity contribution in [1.82, 2.24) is 9.97 Å². The normalized spacial score (nSPS) is 14.8. The number of thiazole rings is 2. The summed E-state index contributed by atoms with van der Waals surface area (Å²) in [5.41, 5.74) is 8.07. The molecule has 0 aliphatic heterocycles. The molecule has 2 aromatic heterocycles. The van der Waals surface area contributed by atoms with Crippen molar-refractivity contribution in [2.45, 2.75) is 52.4 Å². The van der Waals surface area contributed by atoms with Gasteiger partial charge in [-0.2, -0.15) is 0 Å². The fraction of sp³-hybridized carbons (Fsp3) is 0.571. The molecule has 0 amide bonds. The summed E-state index contributed by atoms with van der Waals surface area (Å²) in [5.74, 6) is 0. The Morgan fingerprint density at radius 1 is 0.900 bits per heavy atom. The van der Waals surface area contributed by atoms with Gasteiger partial charge in [-0.3, -0.25) is 0 Å². The Hall–Kier alpha value is -0.460. The van der Waals surface area contributed by atoms with E-state index in [0.717, 1.165) is 15.5 Å². The van der Waals surface area contributed by atoms with Crippen LogP contribution in [0.25, 0.3) is 0 Å². The van der Waals surface area contributed by atoms with Crippen LogP contribution in [0.15, 0.2) is 3.92 Å². The number of nitrogens with zero attached hydrogens (tertiary/aromatic N) is 2. The molecular formula is C14H20BrN3S2. The molecule has 2 aromatic rings. The van der Waals surface area contributed by atoms with E-state index < -0.39 is 0 Å². The van der Waals surface area contributed by atoms with Gasteiger partial charge in [-0.1, -0.05) is 13.8 Å². The van der Waals surface area contributed by atoms with Gasteiger partial charge >= 0.3 is 0 Å². The predicted molar refractivity (Wildman–Crippen MR) is 91.7 cm³/mol. The van der Waals surface area contributed by atoms with Crippen LogP contribution in [0.1, 0.15) is 47.8 Å².